The number of alkyl halides is 1. The van der Waals surface area contributed by atoms with Crippen LogP contribution in [0.5, 0.6) is 5.75 Å². The number of nitrogens with zero attached hydrogens (tertiary/aromatic N) is 7. The summed E-state index contributed by atoms with van der Waals surface area (Å²) < 4.78 is 59.0. The van der Waals surface area contributed by atoms with E-state index in [1.54, 1.807) is 23.1 Å². The first kappa shape index (κ1) is 47.0. The number of halogens is 2. The van der Waals surface area contributed by atoms with Crippen LogP contribution in [0.3, 0.4) is 0 Å². The van der Waals surface area contributed by atoms with E-state index in [1.165, 1.54) is 28.8 Å². The van der Waals surface area contributed by atoms with E-state index in [0.29, 0.717) is 54.7 Å². The van der Waals surface area contributed by atoms with Crippen molar-refractivity contribution in [3.05, 3.63) is 112 Å². The van der Waals surface area contributed by atoms with Crippen LogP contribution in [-0.4, -0.2) is 121 Å². The molecule has 1 amide bonds. The molecule has 69 heavy (non-hydrogen) atoms. The predicted octanol–water partition coefficient (Wildman–Crippen LogP) is 9.22. The second-order valence-corrected chi connectivity index (χ2v) is 21.8. The third-order valence-electron chi connectivity index (χ3n) is 14.5. The van der Waals surface area contributed by atoms with Gasteiger partial charge in [0.05, 0.1) is 21.7 Å². The number of nitrogens with one attached hydrogen (secondary N) is 2. The maximum atomic E-state index is 15.9. The Bertz CT molecular complexity index is 3030. The summed E-state index contributed by atoms with van der Waals surface area (Å²) >= 11 is 6.27. The summed E-state index contributed by atoms with van der Waals surface area (Å²) in [5.74, 6) is -0.943. The first-order chi connectivity index (χ1) is 33.2. The molecule has 2 N–H and O–H groups in total. The summed E-state index contributed by atoms with van der Waals surface area (Å²) in [5, 5.41) is 7.79. The van der Waals surface area contributed by atoms with Gasteiger partial charge in [-0.1, -0.05) is 43.2 Å². The number of nitroso groups, excluding NO2 is 1. The molecular formula is C51H57ClFN9O6S. The lowest BCUT2D eigenvalue weighted by molar-refractivity contribution is -0.0213. The van der Waals surface area contributed by atoms with Crippen LogP contribution in [0.4, 0.5) is 15.8 Å². The number of H-pyrrole nitrogens is 1. The number of amides is 1. The average molecular weight is 979 g/mol. The van der Waals surface area contributed by atoms with Crippen LogP contribution >= 0.6 is 11.6 Å². The highest BCUT2D eigenvalue weighted by Crippen LogP contribution is 2.44. The Hall–Kier alpha value is -5.72. The zero-order valence-electron chi connectivity index (χ0n) is 38.9. The molecule has 0 saturated carbocycles. The van der Waals surface area contributed by atoms with Gasteiger partial charge >= 0.3 is 0 Å². The number of carbonyl (C=O) groups is 1. The lowest BCUT2D eigenvalue weighted by Crippen LogP contribution is -2.50. The van der Waals surface area contributed by atoms with Crippen molar-refractivity contribution in [3.63, 3.8) is 0 Å². The fraction of sp³-hybridized carbons (Fsp3) is 0.431. The Morgan fingerprint density at radius 2 is 1.74 bits per heavy atom. The van der Waals surface area contributed by atoms with E-state index in [1.807, 2.05) is 36.4 Å². The van der Waals surface area contributed by atoms with Crippen molar-refractivity contribution in [3.8, 4) is 11.4 Å². The Morgan fingerprint density at radius 3 is 2.49 bits per heavy atom. The minimum atomic E-state index is -4.56. The fourth-order valence-electron chi connectivity index (χ4n) is 10.4. The van der Waals surface area contributed by atoms with E-state index in [4.69, 9.17) is 26.1 Å². The molecule has 6 heterocycles. The van der Waals surface area contributed by atoms with Crippen LogP contribution in [0.25, 0.3) is 33.3 Å². The van der Waals surface area contributed by atoms with Crippen molar-refractivity contribution in [2.45, 2.75) is 75.4 Å². The Morgan fingerprint density at radius 1 is 0.971 bits per heavy atom. The smallest absolute Gasteiger partial charge is 0.267 e. The number of piperazine rings is 1. The molecule has 4 aliphatic rings. The molecule has 10 rings (SSSR count). The normalized spacial score (nSPS) is 19.6. The van der Waals surface area contributed by atoms with Gasteiger partial charge in [0.15, 0.2) is 11.3 Å². The highest BCUT2D eigenvalue weighted by Gasteiger charge is 2.38. The summed E-state index contributed by atoms with van der Waals surface area (Å²) in [6, 6.07) is 21.2. The number of carbonyl (C=O) groups excluding carboxylic acids is 1. The quantitative estimate of drug-likeness (QED) is 0.106. The van der Waals surface area contributed by atoms with Gasteiger partial charge < -0.3 is 14.4 Å². The number of fused-ring (bicyclic) bond motifs is 2. The molecule has 3 aromatic carbocycles. The van der Waals surface area contributed by atoms with E-state index in [2.05, 4.69) is 60.7 Å². The van der Waals surface area contributed by atoms with Crippen LogP contribution in [0.2, 0.25) is 5.02 Å². The lowest BCUT2D eigenvalue weighted by atomic mass is 9.72. The molecule has 6 aromatic rings. The number of hydrogen-bond donors (Lipinski definition) is 2. The van der Waals surface area contributed by atoms with Gasteiger partial charge in [-0.05, 0) is 127 Å². The molecular weight excluding hydrogens is 921 g/mol. The first-order valence-electron chi connectivity index (χ1n) is 23.8. The largest absolute Gasteiger partial charge is 0.488 e. The monoisotopic (exact) mass is 977 g/mol. The summed E-state index contributed by atoms with van der Waals surface area (Å²) in [6.45, 7) is 11.0. The van der Waals surface area contributed by atoms with Crippen LogP contribution in [0.15, 0.2) is 101 Å². The molecule has 3 aliphatic heterocycles. The maximum Gasteiger partial charge on any atom is 0.267 e. The second-order valence-electron chi connectivity index (χ2n) is 19.7. The van der Waals surface area contributed by atoms with Crippen LogP contribution in [-0.2, 0) is 14.8 Å². The highest BCUT2D eigenvalue weighted by atomic mass is 35.5. The average Bonchev–Trinajstić information content (AvgIpc) is 4.00. The number of allylic oxidation sites excluding steroid dienone is 1. The molecule has 3 aromatic heterocycles. The second kappa shape index (κ2) is 19.2. The van der Waals surface area contributed by atoms with Gasteiger partial charge in [0.2, 0.25) is 0 Å². The number of anilines is 1. The van der Waals surface area contributed by atoms with E-state index < -0.39 is 21.6 Å². The molecule has 0 spiro atoms. The molecule has 18 heteroatoms. The minimum absolute atomic E-state index is 0.0477. The number of piperidine rings is 1. The third-order valence-corrected chi connectivity index (χ3v) is 16.1. The molecule has 3 saturated heterocycles. The number of rotatable bonds is 13. The van der Waals surface area contributed by atoms with Gasteiger partial charge in [0.1, 0.15) is 23.5 Å². The number of sulfonamides is 1. The molecule has 0 bridgehead atoms. The Labute approximate surface area is 406 Å². The van der Waals surface area contributed by atoms with Gasteiger partial charge in [0.25, 0.3) is 15.9 Å². The van der Waals surface area contributed by atoms with E-state index in [-0.39, 0.29) is 46.8 Å². The maximum absolute atomic E-state index is 15.9. The summed E-state index contributed by atoms with van der Waals surface area (Å²) in [5.41, 5.74) is 5.56. The number of aromatic amines is 1. The number of ether oxygens (including phenoxy) is 2. The number of benzene rings is 3. The van der Waals surface area contributed by atoms with E-state index >= 15 is 4.39 Å². The molecule has 0 unspecified atom stereocenters. The zero-order chi connectivity index (χ0) is 47.9. The Kier molecular flexibility index (Phi) is 13.1. The van der Waals surface area contributed by atoms with Crippen molar-refractivity contribution in [1.29, 1.82) is 0 Å². The van der Waals surface area contributed by atoms with E-state index in [9.17, 15) is 18.1 Å². The number of likely N-dealkylation sites (tertiary alicyclic amines) is 1. The summed E-state index contributed by atoms with van der Waals surface area (Å²) in [4.78, 5) is 42.1. The van der Waals surface area contributed by atoms with Gasteiger partial charge in [0, 0.05) is 93.6 Å². The topological polar surface area (TPSA) is 167 Å². The van der Waals surface area contributed by atoms with Crippen molar-refractivity contribution in [1.82, 2.24) is 34.3 Å². The zero-order valence-corrected chi connectivity index (χ0v) is 40.5. The number of pyridine rings is 1. The van der Waals surface area contributed by atoms with Crippen LogP contribution < -0.4 is 14.4 Å². The Balaban J connectivity index is 0.864. The number of hydrogen-bond acceptors (Lipinski definition) is 12. The summed E-state index contributed by atoms with van der Waals surface area (Å²) in [7, 11) is -4.56. The molecule has 3 fully saturated rings. The van der Waals surface area contributed by atoms with Crippen LogP contribution in [0.1, 0.15) is 74.7 Å². The first-order valence-corrected chi connectivity index (χ1v) is 25.7. The standard InChI is InChI=1S/C51H57ClFN9O6S/c1-50(2)15-11-36(42(30-50)34-3-5-37(52)6-4-34)32-59-21-23-61(24-22-59)39-7-9-41(45(28-39)62-46-27-35-12-18-54-48(35)56-44(46)31-55-62)49(63)58-69(65,66)40-8-10-47(43(29-40)57-64)68-33-51(53)16-19-60(20-17-51)38-13-25-67-26-14-38/h3-10,12,18,27-29,31,38,55H,11,13-17,19-26,30,32-33H2,1-2H3,(H,58,63). The molecule has 0 radical (unpaired) electrons. The van der Waals surface area contributed by atoms with Gasteiger partial charge in [-0.25, -0.2) is 27.5 Å². The van der Waals surface area contributed by atoms with Crippen molar-refractivity contribution in [2.24, 2.45) is 10.6 Å². The van der Waals surface area contributed by atoms with Crippen molar-refractivity contribution < 1.29 is 27.1 Å². The van der Waals surface area contributed by atoms with Crippen molar-refractivity contribution in [2.75, 3.05) is 70.5 Å². The highest BCUT2D eigenvalue weighted by molar-refractivity contribution is 7.90. The third kappa shape index (κ3) is 10.2. The molecule has 15 nitrogen and oxygen atoms in total. The van der Waals surface area contributed by atoms with Gasteiger partial charge in [-0.15, -0.1) is 4.91 Å². The van der Waals surface area contributed by atoms with E-state index in [0.717, 1.165) is 87.0 Å². The molecule has 362 valence electrons. The molecule has 1 aliphatic carbocycles. The molecule has 0 atom stereocenters. The van der Waals surface area contributed by atoms with Gasteiger partial charge in [-0.3, -0.25) is 24.4 Å². The van der Waals surface area contributed by atoms with Crippen LogP contribution in [0, 0.1) is 10.3 Å². The van der Waals surface area contributed by atoms with Gasteiger partial charge in [-0.2, -0.15) is 0 Å². The minimum Gasteiger partial charge on any atom is -0.488 e. The SMILES string of the molecule is CC1(C)CCC(CN2CCN(c3ccc(C(=O)NS(=O)(=O)c4ccc(OCC5(F)CCN(C6CCOCC6)CC5)c(N=O)c4)c(-n4[nH]cc5nc6nccc6cc54)c3)CC2)=C(c2ccc(Cl)cc2)C1. The fourth-order valence-corrected chi connectivity index (χ4v) is 11.5. The summed E-state index contributed by atoms with van der Waals surface area (Å²) in [6.07, 6.45) is 8.96. The number of aromatic nitrogens is 4. The predicted molar refractivity (Wildman–Crippen MR) is 266 cm³/mol. The van der Waals surface area contributed by atoms with Crippen molar-refractivity contribution >= 4 is 66.5 Å². The lowest BCUT2D eigenvalue weighted by Gasteiger charge is -2.41.